The van der Waals surface area contributed by atoms with E-state index in [1.165, 1.54) is 0 Å². The van der Waals surface area contributed by atoms with Crippen molar-refractivity contribution in [2.24, 2.45) is 4.99 Å². The molecule has 2 heterocycles. The van der Waals surface area contributed by atoms with Crippen LogP contribution in [0.2, 0.25) is 0 Å². The van der Waals surface area contributed by atoms with Gasteiger partial charge in [0.15, 0.2) is 5.69 Å². The molecule has 7 nitrogen and oxygen atoms in total. The summed E-state index contributed by atoms with van der Waals surface area (Å²) in [6.07, 6.45) is 3.39. The van der Waals surface area contributed by atoms with Crippen molar-refractivity contribution in [2.75, 3.05) is 5.32 Å². The Morgan fingerprint density at radius 1 is 0.941 bits per heavy atom. The molecule has 168 valence electrons. The number of aryl methyl sites for hydroxylation is 1. The van der Waals surface area contributed by atoms with Gasteiger partial charge in [0.2, 0.25) is 12.3 Å². The highest BCUT2D eigenvalue weighted by Crippen LogP contribution is 2.41. The van der Waals surface area contributed by atoms with Crippen LogP contribution in [0, 0.1) is 6.92 Å². The number of fused-ring (bicyclic) bond motifs is 1. The van der Waals surface area contributed by atoms with Crippen LogP contribution >= 0.6 is 0 Å². The Hall–Kier alpha value is -4.36. The molecule has 1 aliphatic heterocycles. The van der Waals surface area contributed by atoms with Crippen LogP contribution in [0.1, 0.15) is 34.5 Å². The fourth-order valence-corrected chi connectivity index (χ4v) is 4.06. The number of anilines is 1. The number of para-hydroxylation sites is 2. The van der Waals surface area contributed by atoms with Gasteiger partial charge in [-0.2, -0.15) is 15.4 Å². The second-order valence-electron chi connectivity index (χ2n) is 8.28. The molecule has 0 saturated carbocycles. The Morgan fingerprint density at radius 3 is 2.56 bits per heavy atom. The molecule has 3 aromatic carbocycles. The molecule has 0 spiro atoms. The van der Waals surface area contributed by atoms with Gasteiger partial charge in [-0.3, -0.25) is 4.79 Å². The fraction of sp³-hybridized carbons (Fsp3) is 0.111. The molecule has 2 N–H and O–H groups in total. The minimum atomic E-state index is -0.224. The van der Waals surface area contributed by atoms with Gasteiger partial charge in [-0.15, -0.1) is 0 Å². The van der Waals surface area contributed by atoms with Crippen molar-refractivity contribution in [2.45, 2.75) is 19.9 Å². The summed E-state index contributed by atoms with van der Waals surface area (Å²) in [6, 6.07) is 27.1. The van der Waals surface area contributed by atoms with Gasteiger partial charge >= 0.3 is 0 Å². The van der Waals surface area contributed by atoms with Crippen LogP contribution in [0.15, 0.2) is 96.1 Å². The van der Waals surface area contributed by atoms with Crippen molar-refractivity contribution in [1.82, 2.24) is 20.0 Å². The number of nitrogens with one attached hydrogen (secondary N) is 2. The highest BCUT2D eigenvalue weighted by atomic mass is 16.2. The number of carbonyl (C=O) groups is 1. The Kier molecular flexibility index (Phi) is 5.61. The van der Waals surface area contributed by atoms with E-state index < -0.39 is 0 Å². The van der Waals surface area contributed by atoms with E-state index in [1.807, 2.05) is 67.6 Å². The number of aromatic nitrogens is 2. The van der Waals surface area contributed by atoms with E-state index in [1.54, 1.807) is 24.7 Å². The molecule has 1 aliphatic rings. The monoisotopic (exact) mass is 449 g/mol. The summed E-state index contributed by atoms with van der Waals surface area (Å²) < 4.78 is -0.139. The average molecular weight is 450 g/mol. The molecule has 0 radical (unpaired) electrons. The SMILES string of the molecule is Cc1cccc(C(=O)N[N+]2(c3ccnc(NC(C)c4ccccc4)n3)C=Nc3ccccc32)c1. The van der Waals surface area contributed by atoms with Crippen molar-refractivity contribution in [3.63, 3.8) is 0 Å². The molecule has 0 saturated heterocycles. The Balaban J connectivity index is 1.53. The van der Waals surface area contributed by atoms with Crippen LogP contribution in [0.4, 0.5) is 23.1 Å². The van der Waals surface area contributed by atoms with E-state index in [0.29, 0.717) is 17.3 Å². The lowest BCUT2D eigenvalue weighted by atomic mass is 10.1. The summed E-state index contributed by atoms with van der Waals surface area (Å²) in [5, 5.41) is 3.37. The number of aliphatic imine (C=N–C) groups is 1. The number of hydrogen-bond acceptors (Lipinski definition) is 5. The van der Waals surface area contributed by atoms with Crippen LogP contribution in [0.5, 0.6) is 0 Å². The number of quaternary nitrogens is 1. The Morgan fingerprint density at radius 2 is 1.74 bits per heavy atom. The Labute approximate surface area is 198 Å². The molecule has 1 aromatic heterocycles. The van der Waals surface area contributed by atoms with E-state index in [4.69, 9.17) is 4.98 Å². The van der Waals surface area contributed by atoms with Crippen LogP contribution < -0.4 is 15.3 Å². The predicted molar refractivity (Wildman–Crippen MR) is 135 cm³/mol. The maximum atomic E-state index is 13.3. The van der Waals surface area contributed by atoms with Crippen molar-refractivity contribution in [3.05, 3.63) is 108 Å². The van der Waals surface area contributed by atoms with Gasteiger partial charge in [0.05, 0.1) is 6.04 Å². The number of hydrogen-bond donors (Lipinski definition) is 2. The van der Waals surface area contributed by atoms with Gasteiger partial charge in [-0.05, 0) is 37.6 Å². The lowest BCUT2D eigenvalue weighted by Crippen LogP contribution is -2.56. The second-order valence-corrected chi connectivity index (χ2v) is 8.28. The third kappa shape index (κ3) is 4.04. The number of nitrogens with zero attached hydrogens (tertiary/aromatic N) is 4. The van der Waals surface area contributed by atoms with E-state index >= 15 is 0 Å². The molecule has 0 fully saturated rings. The molecule has 2 unspecified atom stereocenters. The number of carbonyl (C=O) groups excluding carboxylic acids is 1. The molecular formula is C27H25N6O+. The lowest BCUT2D eigenvalue weighted by Gasteiger charge is -2.28. The smallest absolute Gasteiger partial charge is 0.297 e. The first kappa shape index (κ1) is 21.5. The number of benzene rings is 3. The van der Waals surface area contributed by atoms with Crippen LogP contribution in [-0.4, -0.2) is 22.2 Å². The van der Waals surface area contributed by atoms with Gasteiger partial charge in [0.25, 0.3) is 11.7 Å². The second kappa shape index (κ2) is 8.88. The van der Waals surface area contributed by atoms with Crippen LogP contribution in [0.3, 0.4) is 0 Å². The molecule has 2 atom stereocenters. The first-order chi connectivity index (χ1) is 16.5. The molecule has 1 amide bonds. The fourth-order valence-electron chi connectivity index (χ4n) is 4.06. The van der Waals surface area contributed by atoms with E-state index in [0.717, 1.165) is 22.5 Å². The summed E-state index contributed by atoms with van der Waals surface area (Å²) in [4.78, 5) is 27.1. The molecular weight excluding hydrogens is 424 g/mol. The standard InChI is InChI=1S/C27H24N6O/c1-19-9-8-12-22(17-19)26(34)32-33(18-29-23-13-6-7-14-24(23)33)25-15-16-28-27(31-25)30-20(2)21-10-4-3-5-11-21/h3-18,20H,1-2H3,(H-,28,30,31,32,34)/p+1. The van der Waals surface area contributed by atoms with Crippen LogP contribution in [0.25, 0.3) is 0 Å². The van der Waals surface area contributed by atoms with Crippen molar-refractivity contribution < 1.29 is 4.79 Å². The highest BCUT2D eigenvalue weighted by molar-refractivity contribution is 6.01. The van der Waals surface area contributed by atoms with Gasteiger partial charge in [-0.25, -0.2) is 4.98 Å². The summed E-state index contributed by atoms with van der Waals surface area (Å²) in [6.45, 7) is 4.02. The van der Waals surface area contributed by atoms with E-state index in [2.05, 4.69) is 39.8 Å². The first-order valence-corrected chi connectivity index (χ1v) is 11.1. The quantitative estimate of drug-likeness (QED) is 0.375. The molecule has 4 aromatic rings. The minimum absolute atomic E-state index is 0.00585. The van der Waals surface area contributed by atoms with Gasteiger partial charge in [0, 0.05) is 23.9 Å². The molecule has 0 aliphatic carbocycles. The average Bonchev–Trinajstić information content (AvgIpc) is 3.24. The maximum absolute atomic E-state index is 13.3. The normalized spacial score (nSPS) is 17.1. The minimum Gasteiger partial charge on any atom is -0.348 e. The van der Waals surface area contributed by atoms with Crippen molar-refractivity contribution in [1.29, 1.82) is 0 Å². The zero-order chi connectivity index (χ0) is 23.5. The van der Waals surface area contributed by atoms with Gasteiger partial charge in [-0.1, -0.05) is 64.8 Å². The summed E-state index contributed by atoms with van der Waals surface area (Å²) in [5.41, 5.74) is 7.45. The largest absolute Gasteiger partial charge is 0.348 e. The highest BCUT2D eigenvalue weighted by Gasteiger charge is 2.43. The summed E-state index contributed by atoms with van der Waals surface area (Å²) >= 11 is 0. The van der Waals surface area contributed by atoms with Crippen molar-refractivity contribution >= 4 is 35.4 Å². The third-order valence-electron chi connectivity index (χ3n) is 5.84. The van der Waals surface area contributed by atoms with Gasteiger partial charge < -0.3 is 5.32 Å². The third-order valence-corrected chi connectivity index (χ3v) is 5.84. The van der Waals surface area contributed by atoms with Gasteiger partial charge in [0.1, 0.15) is 5.69 Å². The van der Waals surface area contributed by atoms with Crippen LogP contribution in [-0.2, 0) is 0 Å². The lowest BCUT2D eigenvalue weighted by molar-refractivity contribution is 0.0904. The maximum Gasteiger partial charge on any atom is 0.297 e. The van der Waals surface area contributed by atoms with E-state index in [9.17, 15) is 4.79 Å². The topological polar surface area (TPSA) is 79.3 Å². The zero-order valence-electron chi connectivity index (χ0n) is 19.0. The summed E-state index contributed by atoms with van der Waals surface area (Å²) in [7, 11) is 0. The molecule has 0 bridgehead atoms. The Bertz CT molecular complexity index is 1370. The first-order valence-electron chi connectivity index (χ1n) is 11.1. The zero-order valence-corrected chi connectivity index (χ0v) is 19.0. The molecule has 5 rings (SSSR count). The van der Waals surface area contributed by atoms with Crippen molar-refractivity contribution in [3.8, 4) is 0 Å². The predicted octanol–water partition coefficient (Wildman–Crippen LogP) is 5.62. The summed E-state index contributed by atoms with van der Waals surface area (Å²) in [5.74, 6) is 0.819. The van der Waals surface area contributed by atoms with E-state index in [-0.39, 0.29) is 16.5 Å². The molecule has 34 heavy (non-hydrogen) atoms. The molecule has 7 heteroatoms. The number of rotatable bonds is 6. The number of amides is 1.